The molecule has 5 heteroatoms. The van der Waals surface area contributed by atoms with E-state index in [2.05, 4.69) is 6.92 Å². The number of hydrogen-bond acceptors (Lipinski definition) is 1. The van der Waals surface area contributed by atoms with Crippen molar-refractivity contribution in [3.63, 3.8) is 0 Å². The van der Waals surface area contributed by atoms with Gasteiger partial charge in [-0.25, -0.2) is 17.6 Å². The number of hydrogen-bond donors (Lipinski definition) is 0. The van der Waals surface area contributed by atoms with Crippen molar-refractivity contribution in [2.45, 2.75) is 77.6 Å². The van der Waals surface area contributed by atoms with Gasteiger partial charge in [-0.15, -0.1) is 11.3 Å². The van der Waals surface area contributed by atoms with E-state index in [0.29, 0.717) is 32.9 Å². The van der Waals surface area contributed by atoms with Crippen molar-refractivity contribution in [3.8, 4) is 0 Å². The maximum atomic E-state index is 15.1. The van der Waals surface area contributed by atoms with Crippen molar-refractivity contribution in [3.05, 3.63) is 46.5 Å². The van der Waals surface area contributed by atoms with Crippen LogP contribution in [0.25, 0.3) is 20.2 Å². The van der Waals surface area contributed by atoms with Crippen molar-refractivity contribution in [2.24, 2.45) is 5.92 Å². The zero-order valence-corrected chi connectivity index (χ0v) is 18.4. The van der Waals surface area contributed by atoms with Crippen LogP contribution in [0.5, 0.6) is 0 Å². The molecular formula is C25H28F4S. The highest BCUT2D eigenvalue weighted by Gasteiger charge is 2.28. The zero-order chi connectivity index (χ0) is 21.4. The Morgan fingerprint density at radius 1 is 0.800 bits per heavy atom. The molecule has 0 atom stereocenters. The lowest BCUT2D eigenvalue weighted by Gasteiger charge is -2.29. The van der Waals surface area contributed by atoms with Crippen molar-refractivity contribution in [2.75, 3.05) is 0 Å². The molecule has 0 aliphatic heterocycles. The van der Waals surface area contributed by atoms with Crippen LogP contribution in [-0.4, -0.2) is 0 Å². The van der Waals surface area contributed by atoms with E-state index in [1.807, 2.05) is 6.92 Å². The molecule has 0 radical (unpaired) electrons. The average molecular weight is 437 g/mol. The van der Waals surface area contributed by atoms with Gasteiger partial charge in [-0.1, -0.05) is 33.1 Å². The summed E-state index contributed by atoms with van der Waals surface area (Å²) in [6, 6.07) is 3.30. The SMILES string of the molecule is CCCCc1cc2sc3cc(C4CCC(CCC)CC4)c(F)c(F)c3c2c(F)c1F. The molecule has 0 nitrogen and oxygen atoms in total. The summed E-state index contributed by atoms with van der Waals surface area (Å²) in [7, 11) is 0. The summed E-state index contributed by atoms with van der Waals surface area (Å²) in [4.78, 5) is 0. The first-order valence-electron chi connectivity index (χ1n) is 11.2. The smallest absolute Gasteiger partial charge is 0.168 e. The average Bonchev–Trinajstić information content (AvgIpc) is 3.11. The topological polar surface area (TPSA) is 0 Å². The third-order valence-electron chi connectivity index (χ3n) is 6.70. The van der Waals surface area contributed by atoms with Gasteiger partial charge in [-0.05, 0) is 73.6 Å². The maximum Gasteiger partial charge on any atom is 0.168 e. The summed E-state index contributed by atoms with van der Waals surface area (Å²) < 4.78 is 60.6. The van der Waals surface area contributed by atoms with Gasteiger partial charge in [0.2, 0.25) is 0 Å². The van der Waals surface area contributed by atoms with Crippen LogP contribution >= 0.6 is 11.3 Å². The summed E-state index contributed by atoms with van der Waals surface area (Å²) in [5.74, 6) is -3.26. The third-order valence-corrected chi connectivity index (χ3v) is 7.78. The fourth-order valence-corrected chi connectivity index (χ4v) is 6.25. The molecule has 162 valence electrons. The van der Waals surface area contributed by atoms with Crippen LogP contribution < -0.4 is 0 Å². The molecule has 0 saturated heterocycles. The lowest BCUT2D eigenvalue weighted by molar-refractivity contribution is 0.303. The van der Waals surface area contributed by atoms with Crippen molar-refractivity contribution in [1.29, 1.82) is 0 Å². The zero-order valence-electron chi connectivity index (χ0n) is 17.6. The first-order valence-corrected chi connectivity index (χ1v) is 12.0. The first kappa shape index (κ1) is 21.6. The second-order valence-electron chi connectivity index (χ2n) is 8.72. The number of halogens is 4. The fourth-order valence-electron chi connectivity index (χ4n) is 5.04. The van der Waals surface area contributed by atoms with Crippen LogP contribution in [0.2, 0.25) is 0 Å². The van der Waals surface area contributed by atoms with Crippen LogP contribution in [0.4, 0.5) is 17.6 Å². The number of unbranched alkanes of at least 4 members (excludes halogenated alkanes) is 1. The molecule has 0 amide bonds. The summed E-state index contributed by atoms with van der Waals surface area (Å²) in [5, 5.41) is -0.239. The summed E-state index contributed by atoms with van der Waals surface area (Å²) in [5.41, 5.74) is 0.706. The molecule has 2 aromatic carbocycles. The molecule has 0 N–H and O–H groups in total. The molecule has 1 aliphatic carbocycles. The molecule has 1 fully saturated rings. The summed E-state index contributed by atoms with van der Waals surface area (Å²) in [6.07, 6.45) is 8.15. The number of fused-ring (bicyclic) bond motifs is 3. The van der Waals surface area contributed by atoms with E-state index < -0.39 is 23.3 Å². The second kappa shape index (κ2) is 8.86. The molecular weight excluding hydrogens is 408 g/mol. The van der Waals surface area contributed by atoms with E-state index >= 15 is 8.78 Å². The summed E-state index contributed by atoms with van der Waals surface area (Å²) >= 11 is 1.23. The Bertz CT molecular complexity index is 1060. The predicted octanol–water partition coefficient (Wildman–Crippen LogP) is 9.03. The third kappa shape index (κ3) is 3.74. The standard InChI is InChI=1S/C25H28F4S/c1-3-5-7-16-12-18-20(24(28)22(16)26)21-19(30-18)13-17(23(27)25(21)29)15-10-8-14(6-4-2)9-11-15/h12-15H,3-11H2,1-2H3. The van der Waals surface area contributed by atoms with E-state index in [1.54, 1.807) is 12.1 Å². The normalized spacial score (nSPS) is 19.8. The molecule has 1 aliphatic rings. The van der Waals surface area contributed by atoms with Crippen molar-refractivity contribution in [1.82, 2.24) is 0 Å². The largest absolute Gasteiger partial charge is 0.203 e. The van der Waals surface area contributed by atoms with Gasteiger partial charge in [-0.2, -0.15) is 0 Å². The Morgan fingerprint density at radius 3 is 2.07 bits per heavy atom. The van der Waals surface area contributed by atoms with Gasteiger partial charge in [0.25, 0.3) is 0 Å². The molecule has 0 unspecified atom stereocenters. The summed E-state index contributed by atoms with van der Waals surface area (Å²) in [6.45, 7) is 4.16. The van der Waals surface area contributed by atoms with Gasteiger partial charge in [-0.3, -0.25) is 0 Å². The molecule has 4 rings (SSSR count). The highest BCUT2D eigenvalue weighted by Crippen LogP contribution is 2.44. The molecule has 3 aromatic rings. The van der Waals surface area contributed by atoms with E-state index in [-0.39, 0.29) is 16.7 Å². The Balaban J connectivity index is 1.78. The van der Waals surface area contributed by atoms with Crippen molar-refractivity contribution >= 4 is 31.5 Å². The van der Waals surface area contributed by atoms with Gasteiger partial charge in [0.15, 0.2) is 23.3 Å². The monoisotopic (exact) mass is 436 g/mol. The second-order valence-corrected chi connectivity index (χ2v) is 9.80. The van der Waals surface area contributed by atoms with E-state index in [4.69, 9.17) is 0 Å². The van der Waals surface area contributed by atoms with Gasteiger partial charge in [0.05, 0.1) is 0 Å². The quantitative estimate of drug-likeness (QED) is 0.338. The minimum atomic E-state index is -1.06. The molecule has 1 aromatic heterocycles. The number of benzene rings is 2. The number of aryl methyl sites for hydroxylation is 1. The van der Waals surface area contributed by atoms with Gasteiger partial charge < -0.3 is 0 Å². The van der Waals surface area contributed by atoms with Crippen LogP contribution in [0.3, 0.4) is 0 Å². The van der Waals surface area contributed by atoms with Crippen LogP contribution in [0.1, 0.15) is 82.3 Å². The van der Waals surface area contributed by atoms with Crippen molar-refractivity contribution < 1.29 is 17.6 Å². The Hall–Kier alpha value is -1.62. The number of thiophene rings is 1. The molecule has 0 bridgehead atoms. The molecule has 1 heterocycles. The highest BCUT2D eigenvalue weighted by molar-refractivity contribution is 7.25. The lowest BCUT2D eigenvalue weighted by Crippen LogP contribution is -2.14. The first-order chi connectivity index (χ1) is 14.5. The van der Waals surface area contributed by atoms with Crippen LogP contribution in [0, 0.1) is 29.2 Å². The maximum absolute atomic E-state index is 15.1. The van der Waals surface area contributed by atoms with E-state index in [1.165, 1.54) is 17.8 Å². The predicted molar refractivity (Wildman–Crippen MR) is 117 cm³/mol. The van der Waals surface area contributed by atoms with E-state index in [0.717, 1.165) is 44.9 Å². The van der Waals surface area contributed by atoms with Crippen LogP contribution in [0.15, 0.2) is 12.1 Å². The Labute approximate surface area is 179 Å². The van der Waals surface area contributed by atoms with Crippen LogP contribution in [-0.2, 0) is 6.42 Å². The minimum Gasteiger partial charge on any atom is -0.203 e. The van der Waals surface area contributed by atoms with Gasteiger partial charge in [0, 0.05) is 20.2 Å². The number of rotatable bonds is 6. The Kier molecular flexibility index (Phi) is 6.38. The molecule has 30 heavy (non-hydrogen) atoms. The molecule has 0 spiro atoms. The van der Waals surface area contributed by atoms with Gasteiger partial charge in [0.1, 0.15) is 0 Å². The lowest BCUT2D eigenvalue weighted by atomic mass is 9.77. The van der Waals surface area contributed by atoms with Gasteiger partial charge >= 0.3 is 0 Å². The minimum absolute atomic E-state index is 0.0103. The Morgan fingerprint density at radius 2 is 1.43 bits per heavy atom. The fraction of sp³-hybridized carbons (Fsp3) is 0.520. The van der Waals surface area contributed by atoms with E-state index in [9.17, 15) is 8.78 Å². The highest BCUT2D eigenvalue weighted by atomic mass is 32.1. The molecule has 1 saturated carbocycles.